The number of fused-ring (bicyclic) bond motifs is 1. The van der Waals surface area contributed by atoms with Crippen LogP contribution in [-0.4, -0.2) is 62.7 Å². The number of hydrogen-bond donors (Lipinski definition) is 4. The van der Waals surface area contributed by atoms with Crippen LogP contribution >= 0.6 is 0 Å². The molecular weight excluding hydrogens is 428 g/mol. The number of carboxylic acids is 1. The predicted molar refractivity (Wildman–Crippen MR) is 106 cm³/mol. The summed E-state index contributed by atoms with van der Waals surface area (Å²) in [5.41, 5.74) is 10.2. The van der Waals surface area contributed by atoms with E-state index in [-0.39, 0.29) is 11.5 Å². The lowest BCUT2D eigenvalue weighted by atomic mass is 10.1. The van der Waals surface area contributed by atoms with Gasteiger partial charge in [-0.15, -0.1) is 0 Å². The maximum atomic E-state index is 11.4. The van der Waals surface area contributed by atoms with Gasteiger partial charge in [-0.25, -0.2) is 33.8 Å². The molecule has 3 aromatic rings. The third-order valence-electron chi connectivity index (χ3n) is 3.95. The first-order valence-electron chi connectivity index (χ1n) is 8.63. The Morgan fingerprint density at radius 3 is 2.16 bits per heavy atom. The summed E-state index contributed by atoms with van der Waals surface area (Å²) in [6.07, 6.45) is 0. The molecule has 0 fully saturated rings. The molecule has 0 aliphatic rings. The van der Waals surface area contributed by atoms with Gasteiger partial charge in [0.25, 0.3) is 5.78 Å². The zero-order valence-electron chi connectivity index (χ0n) is 16.8. The summed E-state index contributed by atoms with van der Waals surface area (Å²) in [4.78, 5) is 62.0. The molecule has 1 atom stereocenters. The van der Waals surface area contributed by atoms with Gasteiger partial charge in [-0.2, -0.15) is 4.98 Å². The molecule has 0 spiro atoms. The number of nitrogens with zero attached hydrogens (tertiary/aromatic N) is 3. The lowest BCUT2D eigenvalue weighted by Gasteiger charge is -2.07. The van der Waals surface area contributed by atoms with Crippen molar-refractivity contribution in [2.75, 3.05) is 14.2 Å². The number of hydrogen-bond acceptors (Lipinski definition) is 10. The van der Waals surface area contributed by atoms with Crippen LogP contribution in [0.25, 0.3) is 5.78 Å². The molecule has 0 aliphatic carbocycles. The Hall–Kier alpha value is -4.59. The van der Waals surface area contributed by atoms with Crippen molar-refractivity contribution >= 4 is 29.6 Å². The van der Waals surface area contributed by atoms with Gasteiger partial charge < -0.3 is 26.0 Å². The number of carboxylic acid groups (broad SMARTS) is 1. The first-order valence-corrected chi connectivity index (χ1v) is 8.63. The highest BCUT2D eigenvalue weighted by atomic mass is 16.5. The number of methoxy groups -OCH3 is 2. The number of ether oxygens (including phenoxy) is 2. The fourth-order valence-electron chi connectivity index (χ4n) is 2.36. The van der Waals surface area contributed by atoms with E-state index in [4.69, 9.17) is 16.6 Å². The Morgan fingerprint density at radius 1 is 1.06 bits per heavy atom. The van der Waals surface area contributed by atoms with E-state index < -0.39 is 41.2 Å². The summed E-state index contributed by atoms with van der Waals surface area (Å²) in [7, 11) is 2.43. The molecule has 6 N–H and O–H groups in total. The van der Waals surface area contributed by atoms with Gasteiger partial charge in [-0.3, -0.25) is 4.79 Å². The van der Waals surface area contributed by atoms with E-state index >= 15 is 0 Å². The Bertz CT molecular complexity index is 1230. The smallest absolute Gasteiger partial charge is 0.363 e. The number of benzene rings is 1. The Kier molecular flexibility index (Phi) is 7.36. The summed E-state index contributed by atoms with van der Waals surface area (Å²) < 4.78 is 9.94. The number of aromatic nitrogens is 4. The molecule has 0 bridgehead atoms. The van der Waals surface area contributed by atoms with Crippen LogP contribution in [0.5, 0.6) is 0 Å². The second-order valence-corrected chi connectivity index (χ2v) is 5.98. The van der Waals surface area contributed by atoms with Gasteiger partial charge in [0.1, 0.15) is 6.04 Å². The molecule has 1 amide bonds. The van der Waals surface area contributed by atoms with Gasteiger partial charge in [0.2, 0.25) is 5.91 Å². The lowest BCUT2D eigenvalue weighted by Crippen LogP contribution is -2.28. The van der Waals surface area contributed by atoms with Gasteiger partial charge in [0.05, 0.1) is 19.8 Å². The number of primary amides is 1. The number of nitrogens with one attached hydrogen (secondary N) is 1. The molecule has 0 saturated carbocycles. The topological polar surface area (TPSA) is 222 Å². The fraction of sp³-hybridized carbons (Fsp3) is 0.167. The van der Waals surface area contributed by atoms with E-state index in [1.54, 1.807) is 12.1 Å². The van der Waals surface area contributed by atoms with Crippen LogP contribution in [0.1, 0.15) is 42.9 Å². The maximum absolute atomic E-state index is 11.4. The number of carbonyl (C=O) groups excluding carboxylic acids is 3. The third kappa shape index (κ3) is 5.31. The molecule has 0 radical (unpaired) electrons. The van der Waals surface area contributed by atoms with Crippen LogP contribution in [-0.2, 0) is 14.3 Å². The number of carbonyl (C=O) groups is 4. The molecule has 32 heavy (non-hydrogen) atoms. The molecule has 0 unspecified atom stereocenters. The summed E-state index contributed by atoms with van der Waals surface area (Å²) in [5.74, 6) is -3.41. The monoisotopic (exact) mass is 446 g/mol. The zero-order chi connectivity index (χ0) is 24.0. The maximum Gasteiger partial charge on any atom is 0.363 e. The average Bonchev–Trinajstić information content (AvgIpc) is 3.17. The van der Waals surface area contributed by atoms with Crippen LogP contribution in [0.2, 0.25) is 0 Å². The van der Waals surface area contributed by atoms with E-state index in [1.807, 2.05) is 0 Å². The first kappa shape index (κ1) is 23.7. The molecule has 14 nitrogen and oxygen atoms in total. The average molecular weight is 446 g/mol. The summed E-state index contributed by atoms with van der Waals surface area (Å²) in [6, 6.07) is 6.34. The number of esters is 2. The highest BCUT2D eigenvalue weighted by Crippen LogP contribution is 2.11. The minimum atomic E-state index is -1.34. The molecule has 2 aromatic heterocycles. The van der Waals surface area contributed by atoms with Crippen molar-refractivity contribution in [2.45, 2.75) is 6.04 Å². The third-order valence-corrected chi connectivity index (χ3v) is 3.95. The summed E-state index contributed by atoms with van der Waals surface area (Å²) >= 11 is 0. The van der Waals surface area contributed by atoms with Gasteiger partial charge >= 0.3 is 23.6 Å². The predicted octanol–water partition coefficient (Wildman–Crippen LogP) is -1.14. The van der Waals surface area contributed by atoms with Gasteiger partial charge in [-0.1, -0.05) is 12.1 Å². The SMILES string of the molecule is COC(=O)c1cc(C(=O)O)nc2nc(=O)[nH]n12.COC(=O)c1ccc([C@@H](N)C(N)=O)cc1. The Morgan fingerprint density at radius 2 is 1.66 bits per heavy atom. The van der Waals surface area contributed by atoms with E-state index in [0.29, 0.717) is 11.1 Å². The van der Waals surface area contributed by atoms with Crippen molar-refractivity contribution in [2.24, 2.45) is 11.5 Å². The molecule has 2 heterocycles. The molecule has 1 aromatic carbocycles. The standard InChI is InChI=1S/C10H12N2O3.C8H6N4O5/c1-15-10(14)7-4-2-6(3-5-7)8(11)9(12)13;1-17-6(15)4-2-3(5(13)14)9-7-10-8(16)11-12(4)7/h2-5,8H,11H2,1H3,(H2,12,13);2H,1H3,(H,11,16)(H,13,14)/t8-;/m1./s1. The lowest BCUT2D eigenvalue weighted by molar-refractivity contribution is -0.119. The number of rotatable bonds is 5. The van der Waals surface area contributed by atoms with Crippen molar-refractivity contribution < 1.29 is 33.8 Å². The summed E-state index contributed by atoms with van der Waals surface area (Å²) in [6.45, 7) is 0. The van der Waals surface area contributed by atoms with Crippen LogP contribution in [0.4, 0.5) is 0 Å². The number of nitrogens with two attached hydrogens (primary N) is 2. The van der Waals surface area contributed by atoms with Crippen molar-refractivity contribution in [3.8, 4) is 0 Å². The van der Waals surface area contributed by atoms with Crippen LogP contribution < -0.4 is 17.2 Å². The number of amides is 1. The zero-order valence-corrected chi connectivity index (χ0v) is 16.8. The van der Waals surface area contributed by atoms with E-state index in [9.17, 15) is 24.0 Å². The fourth-order valence-corrected chi connectivity index (χ4v) is 2.36. The molecule has 14 heteroatoms. The van der Waals surface area contributed by atoms with Crippen LogP contribution in [0.15, 0.2) is 35.1 Å². The van der Waals surface area contributed by atoms with Crippen LogP contribution in [0.3, 0.4) is 0 Å². The Balaban J connectivity index is 0.000000229. The minimum absolute atomic E-state index is 0.176. The van der Waals surface area contributed by atoms with Gasteiger partial charge in [0, 0.05) is 6.07 Å². The van der Waals surface area contributed by atoms with Crippen LogP contribution in [0, 0.1) is 0 Å². The molecule has 3 rings (SSSR count). The quantitative estimate of drug-likeness (QED) is 0.343. The molecule has 168 valence electrons. The summed E-state index contributed by atoms with van der Waals surface area (Å²) in [5, 5.41) is 11.0. The Labute approximate surface area is 178 Å². The highest BCUT2D eigenvalue weighted by molar-refractivity contribution is 5.92. The number of aromatic carboxylic acids is 1. The van der Waals surface area contributed by atoms with Gasteiger partial charge in [-0.05, 0) is 17.7 Å². The van der Waals surface area contributed by atoms with Gasteiger partial charge in [0.15, 0.2) is 11.4 Å². The molecule has 0 aliphatic heterocycles. The normalized spacial score (nSPS) is 11.1. The molecular formula is C18H18N6O8. The first-order chi connectivity index (χ1) is 15.1. The van der Waals surface area contributed by atoms with Crippen molar-refractivity contribution in [1.29, 1.82) is 0 Å². The van der Waals surface area contributed by atoms with Crippen molar-refractivity contribution in [3.63, 3.8) is 0 Å². The van der Waals surface area contributed by atoms with E-state index in [0.717, 1.165) is 17.7 Å². The second-order valence-electron chi connectivity index (χ2n) is 5.98. The van der Waals surface area contributed by atoms with Crippen molar-refractivity contribution in [3.05, 3.63) is 63.3 Å². The van der Waals surface area contributed by atoms with Crippen molar-refractivity contribution in [1.82, 2.24) is 19.6 Å². The number of aromatic amines is 1. The number of H-pyrrole nitrogens is 1. The minimum Gasteiger partial charge on any atom is -0.477 e. The molecule has 0 saturated heterocycles. The highest BCUT2D eigenvalue weighted by Gasteiger charge is 2.18. The van der Waals surface area contributed by atoms with E-state index in [1.165, 1.54) is 19.2 Å². The second kappa shape index (κ2) is 9.94. The largest absolute Gasteiger partial charge is 0.477 e. The van der Waals surface area contributed by atoms with E-state index in [2.05, 4.69) is 24.5 Å².